The van der Waals surface area contributed by atoms with E-state index in [1.807, 2.05) is 6.07 Å². The Morgan fingerprint density at radius 1 is 1.29 bits per heavy atom. The lowest BCUT2D eigenvalue weighted by Crippen LogP contribution is -2.41. The van der Waals surface area contributed by atoms with Crippen molar-refractivity contribution in [3.63, 3.8) is 0 Å². The molecule has 2 aliphatic carbocycles. The van der Waals surface area contributed by atoms with E-state index < -0.39 is 0 Å². The highest BCUT2D eigenvalue weighted by molar-refractivity contribution is 6.34. The molecule has 0 radical (unpaired) electrons. The van der Waals surface area contributed by atoms with Crippen molar-refractivity contribution < 1.29 is 9.53 Å². The van der Waals surface area contributed by atoms with Crippen LogP contribution < -0.4 is 15.8 Å². The smallest absolute Gasteiger partial charge is 0.223 e. The number of nitrogens with one attached hydrogen (secondary N) is 2. The number of halogens is 1. The number of carbonyl (C=O) groups excluding carboxylic acids is 1. The van der Waals surface area contributed by atoms with E-state index in [0.717, 1.165) is 37.4 Å². The second kappa shape index (κ2) is 8.84. The maximum atomic E-state index is 12.2. The maximum absolute atomic E-state index is 12.2. The summed E-state index contributed by atoms with van der Waals surface area (Å²) in [6.45, 7) is 3.21. The van der Waals surface area contributed by atoms with Gasteiger partial charge in [-0.3, -0.25) is 9.69 Å². The van der Waals surface area contributed by atoms with Crippen molar-refractivity contribution in [2.45, 2.75) is 31.8 Å². The molecule has 2 aromatic heterocycles. The lowest BCUT2D eigenvalue weighted by molar-refractivity contribution is -0.122. The topological polar surface area (TPSA) is 109 Å². The van der Waals surface area contributed by atoms with Gasteiger partial charge in [0.05, 0.1) is 35.5 Å². The van der Waals surface area contributed by atoms with E-state index >= 15 is 0 Å². The first kappa shape index (κ1) is 22.4. The molecule has 3 heterocycles. The van der Waals surface area contributed by atoms with Crippen molar-refractivity contribution in [2.24, 2.45) is 23.5 Å². The highest BCUT2D eigenvalue weighted by Crippen LogP contribution is 2.46. The van der Waals surface area contributed by atoms with E-state index in [1.165, 1.54) is 18.4 Å². The molecule has 8 nitrogen and oxygen atoms in total. The number of anilines is 1. The molecule has 3 aromatic rings. The molecule has 1 saturated heterocycles. The van der Waals surface area contributed by atoms with Gasteiger partial charge in [-0.2, -0.15) is 0 Å². The van der Waals surface area contributed by atoms with Crippen LogP contribution in [0.15, 0.2) is 36.5 Å². The number of aromatic amines is 1. The molecule has 1 aliphatic heterocycles. The number of nitrogens with zero attached hydrogens (tertiary/aromatic N) is 3. The first-order valence-corrected chi connectivity index (χ1v) is 12.6. The van der Waals surface area contributed by atoms with Crippen LogP contribution in [0.2, 0.25) is 5.02 Å². The lowest BCUT2D eigenvalue weighted by Gasteiger charge is -2.28. The Morgan fingerprint density at radius 3 is 2.86 bits per heavy atom. The van der Waals surface area contributed by atoms with E-state index in [9.17, 15) is 4.79 Å². The SMILES string of the molecule is COc1cc(CN2CCCC2)ccc1-c1nc2ncc(Cl)c(N[C@H]3[C@@H](C(N)=O)[C@@H]4C=C[C@H]3C4)c2[nH]1. The third-order valence-corrected chi connectivity index (χ3v) is 7.99. The summed E-state index contributed by atoms with van der Waals surface area (Å²) in [5.74, 6) is 1.27. The van der Waals surface area contributed by atoms with Crippen molar-refractivity contribution in [2.75, 3.05) is 25.5 Å². The summed E-state index contributed by atoms with van der Waals surface area (Å²) in [5.41, 5.74) is 9.77. The summed E-state index contributed by atoms with van der Waals surface area (Å²) < 4.78 is 5.74. The van der Waals surface area contributed by atoms with Crippen LogP contribution in [0.4, 0.5) is 5.69 Å². The standard InChI is InChI=1S/C26H29ClN6O2/c1-35-19-10-14(13-33-8-2-3-9-33)4-7-17(19)25-31-23-22(18(27)12-29-26(23)32-25)30-21-16-6-5-15(11-16)20(21)24(28)34/h4-7,10,12,15-16,20-21H,2-3,8-9,11,13H2,1H3,(H2,28,34)(H2,29,30,31,32)/t15-,16+,20+,21-/m1/s1. The summed E-state index contributed by atoms with van der Waals surface area (Å²) in [7, 11) is 1.68. The number of imidazole rings is 1. The number of benzene rings is 1. The molecule has 2 bridgehead atoms. The molecule has 2 fully saturated rings. The number of nitrogens with two attached hydrogens (primary N) is 1. The van der Waals surface area contributed by atoms with Gasteiger partial charge in [-0.25, -0.2) is 9.97 Å². The number of amides is 1. The molecular formula is C26H29ClN6O2. The number of methoxy groups -OCH3 is 1. The molecule has 9 heteroatoms. The summed E-state index contributed by atoms with van der Waals surface area (Å²) in [4.78, 5) is 27.3. The Morgan fingerprint density at radius 2 is 2.09 bits per heavy atom. The zero-order valence-corrected chi connectivity index (χ0v) is 20.4. The number of primary amides is 1. The van der Waals surface area contributed by atoms with Gasteiger partial charge in [0.2, 0.25) is 5.91 Å². The molecule has 1 saturated carbocycles. The average Bonchev–Trinajstić information content (AvgIpc) is 3.65. The minimum Gasteiger partial charge on any atom is -0.496 e. The Bertz CT molecular complexity index is 1310. The van der Waals surface area contributed by atoms with Crippen LogP contribution in [0.25, 0.3) is 22.6 Å². The predicted octanol–water partition coefficient (Wildman–Crippen LogP) is 3.97. The van der Waals surface area contributed by atoms with Crippen molar-refractivity contribution in [1.82, 2.24) is 19.9 Å². The molecule has 6 rings (SSSR count). The molecule has 0 unspecified atom stereocenters. The van der Waals surface area contributed by atoms with Gasteiger partial charge in [0.15, 0.2) is 5.65 Å². The van der Waals surface area contributed by atoms with Crippen LogP contribution in [0.5, 0.6) is 5.75 Å². The normalized spacial score (nSPS) is 25.5. The number of ether oxygens (including phenoxy) is 1. The molecule has 3 aliphatic rings. The Kier molecular flexibility index (Phi) is 5.65. The predicted molar refractivity (Wildman–Crippen MR) is 136 cm³/mol. The second-order valence-electron chi connectivity index (χ2n) is 9.83. The summed E-state index contributed by atoms with van der Waals surface area (Å²) in [6, 6.07) is 6.14. The van der Waals surface area contributed by atoms with Crippen LogP contribution in [0, 0.1) is 17.8 Å². The molecular weight excluding hydrogens is 464 g/mol. The van der Waals surface area contributed by atoms with Crippen LogP contribution in [-0.4, -0.2) is 52.0 Å². The van der Waals surface area contributed by atoms with E-state index in [0.29, 0.717) is 27.7 Å². The number of carbonyl (C=O) groups is 1. The Hall–Kier alpha value is -3.10. The molecule has 182 valence electrons. The lowest BCUT2D eigenvalue weighted by atomic mass is 9.88. The number of aromatic nitrogens is 3. The highest BCUT2D eigenvalue weighted by Gasteiger charge is 2.47. The highest BCUT2D eigenvalue weighted by atomic mass is 35.5. The zero-order chi connectivity index (χ0) is 24.1. The Labute approximate surface area is 208 Å². The number of hydrogen-bond acceptors (Lipinski definition) is 6. The molecule has 1 amide bonds. The average molecular weight is 493 g/mol. The van der Waals surface area contributed by atoms with Gasteiger partial charge < -0.3 is 20.8 Å². The van der Waals surface area contributed by atoms with E-state index in [-0.39, 0.29) is 29.7 Å². The zero-order valence-electron chi connectivity index (χ0n) is 19.6. The van der Waals surface area contributed by atoms with Gasteiger partial charge in [0, 0.05) is 12.6 Å². The number of hydrogen-bond donors (Lipinski definition) is 3. The number of allylic oxidation sites excluding steroid dienone is 1. The monoisotopic (exact) mass is 492 g/mol. The summed E-state index contributed by atoms with van der Waals surface area (Å²) >= 11 is 6.59. The quantitative estimate of drug-likeness (QED) is 0.430. The number of H-pyrrole nitrogens is 1. The van der Waals surface area contributed by atoms with Gasteiger partial charge in [0.25, 0.3) is 0 Å². The van der Waals surface area contributed by atoms with Crippen molar-refractivity contribution in [3.05, 3.63) is 47.1 Å². The van der Waals surface area contributed by atoms with Gasteiger partial charge in [0.1, 0.15) is 17.1 Å². The largest absolute Gasteiger partial charge is 0.496 e. The molecule has 0 spiro atoms. The van der Waals surface area contributed by atoms with E-state index in [4.69, 9.17) is 27.1 Å². The molecule has 4 atom stereocenters. The fourth-order valence-electron chi connectivity index (χ4n) is 6.00. The first-order valence-electron chi connectivity index (χ1n) is 12.2. The fraction of sp³-hybridized carbons (Fsp3) is 0.423. The third-order valence-electron chi connectivity index (χ3n) is 7.70. The summed E-state index contributed by atoms with van der Waals surface area (Å²) in [5, 5.41) is 3.99. The molecule has 1 aromatic carbocycles. The van der Waals surface area contributed by atoms with Crippen LogP contribution in [-0.2, 0) is 11.3 Å². The van der Waals surface area contributed by atoms with Crippen LogP contribution >= 0.6 is 11.6 Å². The number of fused-ring (bicyclic) bond motifs is 3. The number of rotatable bonds is 7. The Balaban J connectivity index is 1.34. The maximum Gasteiger partial charge on any atom is 0.223 e. The van der Waals surface area contributed by atoms with Gasteiger partial charge in [-0.15, -0.1) is 0 Å². The minimum absolute atomic E-state index is 0.114. The third kappa shape index (κ3) is 3.94. The molecule has 4 N–H and O–H groups in total. The minimum atomic E-state index is -0.287. The van der Waals surface area contributed by atoms with E-state index in [1.54, 1.807) is 13.3 Å². The van der Waals surface area contributed by atoms with Gasteiger partial charge in [-0.1, -0.05) is 29.8 Å². The first-order chi connectivity index (χ1) is 17.0. The number of pyridine rings is 1. The van der Waals surface area contributed by atoms with Gasteiger partial charge >= 0.3 is 0 Å². The van der Waals surface area contributed by atoms with Crippen molar-refractivity contribution in [3.8, 4) is 17.1 Å². The van der Waals surface area contributed by atoms with Gasteiger partial charge in [-0.05, 0) is 61.9 Å². The second-order valence-corrected chi connectivity index (χ2v) is 10.2. The molecule has 35 heavy (non-hydrogen) atoms. The summed E-state index contributed by atoms with van der Waals surface area (Å²) in [6.07, 6.45) is 9.32. The van der Waals surface area contributed by atoms with Crippen molar-refractivity contribution >= 4 is 34.4 Å². The van der Waals surface area contributed by atoms with Crippen LogP contribution in [0.1, 0.15) is 24.8 Å². The fourth-order valence-corrected chi connectivity index (χ4v) is 6.20. The van der Waals surface area contributed by atoms with Crippen molar-refractivity contribution in [1.29, 1.82) is 0 Å². The number of likely N-dealkylation sites (tertiary alicyclic amines) is 1. The van der Waals surface area contributed by atoms with Crippen LogP contribution in [0.3, 0.4) is 0 Å². The van der Waals surface area contributed by atoms with E-state index in [2.05, 4.69) is 44.5 Å².